The number of esters is 1. The summed E-state index contributed by atoms with van der Waals surface area (Å²) in [7, 11) is 0. The average Bonchev–Trinajstić information content (AvgIpc) is 2.64. The first kappa shape index (κ1) is 19.4. The summed E-state index contributed by atoms with van der Waals surface area (Å²) in [5.41, 5.74) is 0.656. The average molecular weight is 386 g/mol. The Balaban J connectivity index is 1.32. The van der Waals surface area contributed by atoms with Crippen molar-refractivity contribution in [3.8, 4) is 0 Å². The molecule has 5 rings (SSSR count). The summed E-state index contributed by atoms with van der Waals surface area (Å²) < 4.78 is 5.42. The fourth-order valence-corrected chi connectivity index (χ4v) is 6.06. The molecule has 5 nitrogen and oxygen atoms in total. The standard InChI is InChI=1S/C23H31NO4/c1-3-15(2)18-4-6-19(7-5-18)24-20(25)13-28-21(26)22-9-16-8-17(10-22)12-23(27,11-16)14-22/h4-7,15-17,27H,3,8-14H2,1-2H3,(H,24,25)/t15-,16-,17+,22?,23?/m0/s1. The molecule has 5 atom stereocenters. The van der Waals surface area contributed by atoms with Crippen LogP contribution in [0.2, 0.25) is 0 Å². The van der Waals surface area contributed by atoms with E-state index < -0.39 is 11.0 Å². The van der Waals surface area contributed by atoms with Gasteiger partial charge in [0.2, 0.25) is 0 Å². The topological polar surface area (TPSA) is 75.6 Å². The lowest BCUT2D eigenvalue weighted by molar-refractivity contribution is -0.196. The molecule has 28 heavy (non-hydrogen) atoms. The van der Waals surface area contributed by atoms with Crippen molar-refractivity contribution in [2.45, 2.75) is 70.3 Å². The minimum absolute atomic E-state index is 0.276. The molecule has 4 aliphatic carbocycles. The van der Waals surface area contributed by atoms with E-state index in [1.807, 2.05) is 24.3 Å². The van der Waals surface area contributed by atoms with Crippen molar-refractivity contribution < 1.29 is 19.4 Å². The highest BCUT2D eigenvalue weighted by molar-refractivity contribution is 5.93. The van der Waals surface area contributed by atoms with Crippen LogP contribution in [0.3, 0.4) is 0 Å². The quantitative estimate of drug-likeness (QED) is 0.726. The maximum atomic E-state index is 12.8. The molecule has 4 bridgehead atoms. The predicted molar refractivity (Wildman–Crippen MR) is 107 cm³/mol. The number of rotatable bonds is 6. The Morgan fingerprint density at radius 3 is 2.39 bits per heavy atom. The van der Waals surface area contributed by atoms with Crippen molar-refractivity contribution >= 4 is 17.6 Å². The zero-order valence-corrected chi connectivity index (χ0v) is 16.9. The summed E-state index contributed by atoms with van der Waals surface area (Å²) >= 11 is 0. The van der Waals surface area contributed by atoms with E-state index in [1.54, 1.807) is 0 Å². The fourth-order valence-electron chi connectivity index (χ4n) is 6.06. The van der Waals surface area contributed by atoms with Crippen LogP contribution in [-0.4, -0.2) is 29.2 Å². The molecule has 2 unspecified atom stereocenters. The van der Waals surface area contributed by atoms with E-state index in [0.29, 0.717) is 29.9 Å². The first-order valence-corrected chi connectivity index (χ1v) is 10.6. The molecule has 0 aromatic heterocycles. The molecule has 152 valence electrons. The van der Waals surface area contributed by atoms with Crippen molar-refractivity contribution in [1.29, 1.82) is 0 Å². The Labute approximate surface area is 166 Å². The monoisotopic (exact) mass is 385 g/mol. The highest BCUT2D eigenvalue weighted by Gasteiger charge is 2.60. The summed E-state index contributed by atoms with van der Waals surface area (Å²) in [5.74, 6) is 0.685. The second-order valence-electron chi connectivity index (χ2n) is 9.52. The van der Waals surface area contributed by atoms with E-state index in [4.69, 9.17) is 4.74 Å². The largest absolute Gasteiger partial charge is 0.455 e. The number of anilines is 1. The van der Waals surface area contributed by atoms with Gasteiger partial charge in [0.05, 0.1) is 11.0 Å². The van der Waals surface area contributed by atoms with Crippen molar-refractivity contribution in [3.63, 3.8) is 0 Å². The molecule has 4 fully saturated rings. The van der Waals surface area contributed by atoms with Crippen LogP contribution in [0.5, 0.6) is 0 Å². The molecular weight excluding hydrogens is 354 g/mol. The van der Waals surface area contributed by atoms with Gasteiger partial charge >= 0.3 is 5.97 Å². The number of carbonyl (C=O) groups is 2. The van der Waals surface area contributed by atoms with E-state index in [9.17, 15) is 14.7 Å². The fraction of sp³-hybridized carbons (Fsp3) is 0.652. The number of benzene rings is 1. The Morgan fingerprint density at radius 1 is 1.18 bits per heavy atom. The van der Waals surface area contributed by atoms with Crippen LogP contribution < -0.4 is 5.32 Å². The van der Waals surface area contributed by atoms with Gasteiger partial charge in [0, 0.05) is 5.69 Å². The summed E-state index contributed by atoms with van der Waals surface area (Å²) in [6, 6.07) is 7.81. The van der Waals surface area contributed by atoms with Crippen LogP contribution in [0.25, 0.3) is 0 Å². The van der Waals surface area contributed by atoms with Crippen LogP contribution in [0.15, 0.2) is 24.3 Å². The van der Waals surface area contributed by atoms with Gasteiger partial charge in [-0.3, -0.25) is 9.59 Å². The smallest absolute Gasteiger partial charge is 0.312 e. The highest BCUT2D eigenvalue weighted by atomic mass is 16.5. The van der Waals surface area contributed by atoms with Crippen molar-refractivity contribution in [2.24, 2.45) is 17.3 Å². The first-order chi connectivity index (χ1) is 13.3. The van der Waals surface area contributed by atoms with Gasteiger partial charge in [0.25, 0.3) is 5.91 Å². The molecule has 0 spiro atoms. The Hall–Kier alpha value is -1.88. The van der Waals surface area contributed by atoms with Gasteiger partial charge in [-0.1, -0.05) is 26.0 Å². The van der Waals surface area contributed by atoms with Crippen molar-refractivity contribution in [1.82, 2.24) is 0 Å². The normalized spacial score (nSPS) is 34.1. The van der Waals surface area contributed by atoms with Crippen molar-refractivity contribution in [2.75, 3.05) is 11.9 Å². The van der Waals surface area contributed by atoms with Gasteiger partial charge in [-0.2, -0.15) is 0 Å². The Bertz CT molecular complexity index is 742. The molecule has 1 amide bonds. The van der Waals surface area contributed by atoms with Gasteiger partial charge in [-0.05, 0) is 80.4 Å². The van der Waals surface area contributed by atoms with Crippen LogP contribution in [0.4, 0.5) is 5.69 Å². The van der Waals surface area contributed by atoms with Crippen LogP contribution in [0, 0.1) is 17.3 Å². The number of hydrogen-bond acceptors (Lipinski definition) is 4. The zero-order valence-electron chi connectivity index (χ0n) is 16.9. The maximum absolute atomic E-state index is 12.8. The molecule has 4 saturated carbocycles. The summed E-state index contributed by atoms with van der Waals surface area (Å²) in [4.78, 5) is 25.1. The van der Waals surface area contributed by atoms with Gasteiger partial charge in [0.15, 0.2) is 6.61 Å². The molecule has 0 saturated heterocycles. The van der Waals surface area contributed by atoms with E-state index in [1.165, 1.54) is 5.56 Å². The lowest BCUT2D eigenvalue weighted by Crippen LogP contribution is -2.58. The third-order valence-corrected chi connectivity index (χ3v) is 7.17. The molecule has 2 N–H and O–H groups in total. The number of aliphatic hydroxyl groups is 1. The number of ether oxygens (including phenoxy) is 1. The molecule has 4 aliphatic rings. The van der Waals surface area contributed by atoms with Crippen LogP contribution in [0.1, 0.15) is 70.3 Å². The van der Waals surface area contributed by atoms with E-state index in [2.05, 4.69) is 19.2 Å². The van der Waals surface area contributed by atoms with Crippen LogP contribution in [-0.2, 0) is 14.3 Å². The molecule has 1 aromatic rings. The Morgan fingerprint density at radius 2 is 1.82 bits per heavy atom. The number of hydrogen-bond donors (Lipinski definition) is 2. The molecule has 0 radical (unpaired) electrons. The van der Waals surface area contributed by atoms with Gasteiger partial charge < -0.3 is 15.2 Å². The molecule has 5 heteroatoms. The van der Waals surface area contributed by atoms with E-state index in [0.717, 1.165) is 38.5 Å². The lowest BCUT2D eigenvalue weighted by atomic mass is 9.48. The van der Waals surface area contributed by atoms with Gasteiger partial charge in [-0.25, -0.2) is 0 Å². The summed E-state index contributed by atoms with van der Waals surface area (Å²) in [6.07, 6.45) is 5.89. The van der Waals surface area contributed by atoms with Gasteiger partial charge in [-0.15, -0.1) is 0 Å². The molecular formula is C23H31NO4. The molecule has 0 heterocycles. The third kappa shape index (κ3) is 3.69. The second kappa shape index (κ2) is 7.18. The highest BCUT2D eigenvalue weighted by Crippen LogP contribution is 2.61. The number of nitrogens with one attached hydrogen (secondary N) is 1. The Kier molecular flexibility index (Phi) is 4.98. The SMILES string of the molecule is CC[C@H](C)c1ccc(NC(=O)COC(=O)C23C[C@@H]4C[C@@H](CC(O)(C4)C2)C3)cc1. The number of carbonyl (C=O) groups excluding carboxylic acids is 2. The van der Waals surface area contributed by atoms with Crippen LogP contribution >= 0.6 is 0 Å². The molecule has 1 aromatic carbocycles. The van der Waals surface area contributed by atoms with E-state index in [-0.39, 0.29) is 18.5 Å². The summed E-state index contributed by atoms with van der Waals surface area (Å²) in [5, 5.41) is 13.6. The minimum atomic E-state index is -0.706. The molecule has 0 aliphatic heterocycles. The third-order valence-electron chi connectivity index (χ3n) is 7.17. The first-order valence-electron chi connectivity index (χ1n) is 10.6. The van der Waals surface area contributed by atoms with Gasteiger partial charge in [0.1, 0.15) is 0 Å². The minimum Gasteiger partial charge on any atom is -0.455 e. The maximum Gasteiger partial charge on any atom is 0.312 e. The lowest BCUT2D eigenvalue weighted by Gasteiger charge is -2.58. The summed E-state index contributed by atoms with van der Waals surface area (Å²) in [6.45, 7) is 4.05. The predicted octanol–water partition coefficient (Wildman–Crippen LogP) is 4.01. The van der Waals surface area contributed by atoms with E-state index >= 15 is 0 Å². The number of amides is 1. The second-order valence-corrected chi connectivity index (χ2v) is 9.52. The zero-order chi connectivity index (χ0) is 19.9. The van der Waals surface area contributed by atoms with Crippen molar-refractivity contribution in [3.05, 3.63) is 29.8 Å².